The third kappa shape index (κ3) is 4.64. The van der Waals surface area contributed by atoms with Crippen LogP contribution in [0.1, 0.15) is 27.7 Å². The average Bonchev–Trinajstić information content (AvgIpc) is 2.85. The van der Waals surface area contributed by atoms with Crippen molar-refractivity contribution < 1.29 is 38.3 Å². The predicted molar refractivity (Wildman–Crippen MR) is 104 cm³/mol. The largest absolute Gasteiger partial charge is 0.462 e. The maximum atomic E-state index is 12.2. The molecule has 0 aliphatic carbocycles. The lowest BCUT2D eigenvalue weighted by Gasteiger charge is -2.39. The monoisotopic (exact) mass is 451 g/mol. The number of urea groups is 1. The van der Waals surface area contributed by atoms with Crippen LogP contribution in [0.2, 0.25) is 0 Å². The Bertz CT molecular complexity index is 748. The lowest BCUT2D eigenvalue weighted by molar-refractivity contribution is -0.149. The summed E-state index contributed by atoms with van der Waals surface area (Å²) in [6.45, 7) is 3.39. The fraction of sp³-hybridized carbons (Fsp3) is 0.750. The Morgan fingerprint density at radius 1 is 1.52 bits per heavy atom. The number of esters is 1. The lowest BCUT2D eigenvalue weighted by Crippen LogP contribution is -2.58. The number of fused-ring (bicyclic) bond motifs is 1. The summed E-state index contributed by atoms with van der Waals surface area (Å²) >= 11 is 5.46. The predicted octanol–water partition coefficient (Wildman–Crippen LogP) is -0.111. The number of hydrogen-bond donors (Lipinski definition) is 4. The molecule has 3 aliphatic rings. The molecule has 0 bridgehead atoms. The first-order valence-corrected chi connectivity index (χ1v) is 11.8. The number of carbonyl (C=O) groups excluding carboxylic acids is 2. The molecular formula is C16H26N3O8PS. The van der Waals surface area contributed by atoms with Gasteiger partial charge in [0.1, 0.15) is 30.1 Å². The average molecular weight is 451 g/mol. The minimum Gasteiger partial charge on any atom is -0.462 e. The fourth-order valence-electron chi connectivity index (χ4n) is 3.26. The van der Waals surface area contributed by atoms with Crippen LogP contribution in [-0.2, 0) is 35.1 Å². The topological polar surface area (TPSA) is 139 Å². The Labute approximate surface area is 173 Å². The van der Waals surface area contributed by atoms with Crippen LogP contribution in [0.15, 0.2) is 12.3 Å². The number of aliphatic hydroxyl groups is 2. The molecule has 164 valence electrons. The molecule has 0 aromatic heterocycles. The molecule has 7 atom stereocenters. The van der Waals surface area contributed by atoms with Crippen molar-refractivity contribution in [3.63, 3.8) is 0 Å². The zero-order chi connectivity index (χ0) is 21.6. The number of carbonyl (C=O) groups is 2. The maximum absolute atomic E-state index is 12.2. The van der Waals surface area contributed by atoms with E-state index in [1.807, 2.05) is 0 Å². The highest BCUT2D eigenvalue weighted by atomic mass is 32.5. The van der Waals surface area contributed by atoms with E-state index in [0.717, 1.165) is 4.90 Å². The molecule has 2 fully saturated rings. The number of hydrogen-bond acceptors (Lipinski definition) is 9. The summed E-state index contributed by atoms with van der Waals surface area (Å²) in [6, 6.07) is -1.41. The van der Waals surface area contributed by atoms with Crippen molar-refractivity contribution >= 4 is 30.4 Å². The SMILES string of the molecule is CC(C)OC(=O)C(C)NP1(=S)OCC2OC(N3C=CC(O)NC3=O)C(C)(O)C2O1. The minimum absolute atomic E-state index is 0.00927. The van der Waals surface area contributed by atoms with Crippen LogP contribution in [-0.4, -0.2) is 76.1 Å². The van der Waals surface area contributed by atoms with Crippen molar-refractivity contribution in [2.24, 2.45) is 0 Å². The zero-order valence-electron chi connectivity index (χ0n) is 16.5. The highest BCUT2D eigenvalue weighted by Crippen LogP contribution is 2.54. The second kappa shape index (κ2) is 8.20. The van der Waals surface area contributed by atoms with Crippen LogP contribution in [0.4, 0.5) is 4.79 Å². The second-order valence-electron chi connectivity index (χ2n) is 7.55. The van der Waals surface area contributed by atoms with Crippen LogP contribution < -0.4 is 10.4 Å². The van der Waals surface area contributed by atoms with Gasteiger partial charge in [0.05, 0.1) is 12.7 Å². The van der Waals surface area contributed by atoms with Crippen molar-refractivity contribution in [1.29, 1.82) is 0 Å². The number of nitrogens with one attached hydrogen (secondary N) is 2. The number of ether oxygens (including phenoxy) is 2. The van der Waals surface area contributed by atoms with E-state index in [4.69, 9.17) is 30.3 Å². The van der Waals surface area contributed by atoms with Crippen molar-refractivity contribution in [1.82, 2.24) is 15.3 Å². The van der Waals surface area contributed by atoms with Gasteiger partial charge in [-0.05, 0) is 45.6 Å². The van der Waals surface area contributed by atoms with Gasteiger partial charge >= 0.3 is 12.0 Å². The first-order valence-electron chi connectivity index (χ1n) is 9.17. The first-order chi connectivity index (χ1) is 13.4. The van der Waals surface area contributed by atoms with Crippen LogP contribution in [0.5, 0.6) is 0 Å². The van der Waals surface area contributed by atoms with Crippen LogP contribution in [0.25, 0.3) is 0 Å². The summed E-state index contributed by atoms with van der Waals surface area (Å²) in [6.07, 6.45) is -1.40. The summed E-state index contributed by atoms with van der Waals surface area (Å²) in [5.41, 5.74) is -1.63. The van der Waals surface area contributed by atoms with Crippen molar-refractivity contribution in [3.05, 3.63) is 12.3 Å². The molecule has 2 amide bonds. The van der Waals surface area contributed by atoms with Crippen molar-refractivity contribution in [2.75, 3.05) is 6.61 Å². The lowest BCUT2D eigenvalue weighted by atomic mass is 9.96. The number of amides is 2. The Balaban J connectivity index is 1.72. The quantitative estimate of drug-likeness (QED) is 0.331. The second-order valence-corrected chi connectivity index (χ2v) is 10.7. The van der Waals surface area contributed by atoms with Crippen molar-refractivity contribution in [3.8, 4) is 0 Å². The summed E-state index contributed by atoms with van der Waals surface area (Å²) in [4.78, 5) is 25.4. The third-order valence-corrected chi connectivity index (χ3v) is 7.21. The molecule has 13 heteroatoms. The van der Waals surface area contributed by atoms with E-state index in [-0.39, 0.29) is 12.7 Å². The molecule has 0 radical (unpaired) electrons. The van der Waals surface area contributed by atoms with Crippen molar-refractivity contribution in [2.45, 2.75) is 70.1 Å². The fourth-order valence-corrected chi connectivity index (χ4v) is 5.96. The number of rotatable bonds is 5. The maximum Gasteiger partial charge on any atom is 0.325 e. The minimum atomic E-state index is -3.14. The van der Waals surface area contributed by atoms with Gasteiger partial charge in [0.15, 0.2) is 6.23 Å². The first kappa shape index (κ1) is 22.6. The van der Waals surface area contributed by atoms with Gasteiger partial charge in [-0.1, -0.05) is 0 Å². The molecule has 29 heavy (non-hydrogen) atoms. The highest BCUT2D eigenvalue weighted by molar-refractivity contribution is 8.09. The van der Waals surface area contributed by atoms with E-state index in [0.29, 0.717) is 0 Å². The Kier molecular flexibility index (Phi) is 6.38. The smallest absolute Gasteiger partial charge is 0.325 e. The van der Waals surface area contributed by atoms with Gasteiger partial charge < -0.3 is 34.1 Å². The van der Waals surface area contributed by atoms with Crippen LogP contribution in [0.3, 0.4) is 0 Å². The molecule has 2 saturated heterocycles. The summed E-state index contributed by atoms with van der Waals surface area (Å²) < 4.78 is 22.5. The van der Waals surface area contributed by atoms with Gasteiger partial charge in [-0.15, -0.1) is 0 Å². The van der Waals surface area contributed by atoms with E-state index < -0.39 is 54.9 Å². The molecule has 3 heterocycles. The van der Waals surface area contributed by atoms with Gasteiger partial charge in [-0.3, -0.25) is 9.69 Å². The molecular weight excluding hydrogens is 425 g/mol. The summed E-state index contributed by atoms with van der Waals surface area (Å²) in [7, 11) is 0. The van der Waals surface area contributed by atoms with Gasteiger partial charge in [-0.2, -0.15) is 0 Å². The molecule has 7 unspecified atom stereocenters. The standard InChI is InChI=1S/C16H26N3O8PS/c1-8(2)25-13(21)9(3)18-28(29)24-7-10-12(27-28)16(4,23)14(26-10)19-6-5-11(20)17-15(19)22/h5-6,8-12,14,20,23H,7H2,1-4H3,(H,17,22)(H,18,29). The van der Waals surface area contributed by atoms with Crippen LogP contribution in [0, 0.1) is 0 Å². The molecule has 0 spiro atoms. The van der Waals surface area contributed by atoms with Gasteiger partial charge in [0, 0.05) is 6.20 Å². The van der Waals surface area contributed by atoms with E-state index in [1.54, 1.807) is 20.8 Å². The molecule has 3 aliphatic heterocycles. The van der Waals surface area contributed by atoms with E-state index in [2.05, 4.69) is 10.4 Å². The normalized spacial score (nSPS) is 40.5. The Hall–Kier alpha value is -1.11. The molecule has 0 saturated carbocycles. The molecule has 4 N–H and O–H groups in total. The van der Waals surface area contributed by atoms with Gasteiger partial charge in [-0.25, -0.2) is 9.88 Å². The van der Waals surface area contributed by atoms with Crippen LogP contribution >= 0.6 is 6.64 Å². The van der Waals surface area contributed by atoms with Gasteiger partial charge in [0.2, 0.25) is 0 Å². The molecule has 0 aromatic carbocycles. The number of aliphatic hydroxyl groups excluding tert-OH is 1. The summed E-state index contributed by atoms with van der Waals surface area (Å²) in [5.74, 6) is -0.500. The van der Waals surface area contributed by atoms with E-state index in [9.17, 15) is 19.8 Å². The Morgan fingerprint density at radius 2 is 2.21 bits per heavy atom. The van der Waals surface area contributed by atoms with Gasteiger partial charge in [0.25, 0.3) is 6.64 Å². The molecule has 11 nitrogen and oxygen atoms in total. The molecule has 3 rings (SSSR count). The van der Waals surface area contributed by atoms with E-state index in [1.165, 1.54) is 19.2 Å². The zero-order valence-corrected chi connectivity index (χ0v) is 18.2. The van der Waals surface area contributed by atoms with E-state index >= 15 is 0 Å². The third-order valence-electron chi connectivity index (χ3n) is 4.62. The summed E-state index contributed by atoms with van der Waals surface area (Å²) in [5, 5.41) is 25.8. The highest BCUT2D eigenvalue weighted by Gasteiger charge is 2.60. The Morgan fingerprint density at radius 3 is 2.83 bits per heavy atom. The number of nitrogens with zero attached hydrogens (tertiary/aromatic N) is 1. The molecule has 0 aromatic rings.